The van der Waals surface area contributed by atoms with E-state index in [2.05, 4.69) is 9.97 Å². The van der Waals surface area contributed by atoms with Crippen molar-refractivity contribution in [1.82, 2.24) is 9.97 Å². The molecule has 3 heterocycles. The van der Waals surface area contributed by atoms with Crippen molar-refractivity contribution >= 4 is 28.2 Å². The predicted molar refractivity (Wildman–Crippen MR) is 90.0 cm³/mol. The minimum atomic E-state index is -4.54. The molecule has 1 unspecified atom stereocenters. The second kappa shape index (κ2) is 7.44. The van der Waals surface area contributed by atoms with Crippen LogP contribution in [0.5, 0.6) is 0 Å². The Morgan fingerprint density at radius 3 is 2.74 bits per heavy atom. The zero-order valence-electron chi connectivity index (χ0n) is 13.9. The summed E-state index contributed by atoms with van der Waals surface area (Å²) < 4.78 is 37.8. The van der Waals surface area contributed by atoms with Crippen LogP contribution in [-0.2, 0) is 22.2 Å². The van der Waals surface area contributed by atoms with Crippen LogP contribution >= 0.6 is 11.3 Å². The van der Waals surface area contributed by atoms with Crippen LogP contribution in [0.25, 0.3) is 0 Å². The smallest absolute Gasteiger partial charge is 0.297 e. The van der Waals surface area contributed by atoms with Crippen molar-refractivity contribution in [2.24, 2.45) is 0 Å². The van der Waals surface area contributed by atoms with Gasteiger partial charge in [-0.2, -0.15) is 18.4 Å². The molecule has 10 heteroatoms. The lowest BCUT2D eigenvalue weighted by Crippen LogP contribution is -2.23. The number of thiazole rings is 1. The quantitative estimate of drug-likeness (QED) is 0.778. The lowest BCUT2D eigenvalue weighted by atomic mass is 9.97. The third kappa shape index (κ3) is 4.14. The second-order valence-electron chi connectivity index (χ2n) is 5.95. The number of Topliss-reactive ketones (excluding diaryl/α,β-unsaturated/α-hetero) is 1. The van der Waals surface area contributed by atoms with Crippen molar-refractivity contribution in [1.29, 1.82) is 5.26 Å². The molecule has 0 N–H and O–H groups in total. The van der Waals surface area contributed by atoms with Gasteiger partial charge >= 0.3 is 6.18 Å². The summed E-state index contributed by atoms with van der Waals surface area (Å²) in [6.07, 6.45) is -2.89. The first-order valence-corrected chi connectivity index (χ1v) is 8.88. The summed E-state index contributed by atoms with van der Waals surface area (Å²) in [6, 6.07) is 3.61. The van der Waals surface area contributed by atoms with Gasteiger partial charge in [-0.3, -0.25) is 19.5 Å². The maximum Gasteiger partial charge on any atom is 0.417 e. The molecule has 0 spiro atoms. The molecule has 6 nitrogen and oxygen atoms in total. The number of hydrogen-bond donors (Lipinski definition) is 0. The van der Waals surface area contributed by atoms with E-state index in [1.165, 1.54) is 11.3 Å². The van der Waals surface area contributed by atoms with Gasteiger partial charge in [-0.1, -0.05) is 0 Å². The van der Waals surface area contributed by atoms with Crippen molar-refractivity contribution in [2.45, 2.75) is 31.4 Å². The molecular formula is C17H13F3N4O2S. The molecular weight excluding hydrogens is 381 g/mol. The van der Waals surface area contributed by atoms with E-state index in [0.717, 1.165) is 18.6 Å². The van der Waals surface area contributed by atoms with Gasteiger partial charge in [-0.15, -0.1) is 11.3 Å². The van der Waals surface area contributed by atoms with Crippen molar-refractivity contribution < 1.29 is 22.8 Å². The van der Waals surface area contributed by atoms with Crippen molar-refractivity contribution in [2.75, 3.05) is 11.4 Å². The molecule has 0 radical (unpaired) electrons. The van der Waals surface area contributed by atoms with Crippen molar-refractivity contribution in [3.05, 3.63) is 40.7 Å². The fraction of sp³-hybridized carbons (Fsp3) is 0.353. The number of carbonyl (C=O) groups excluding carboxylic acids is 2. The molecule has 2 aromatic rings. The van der Waals surface area contributed by atoms with Crippen molar-refractivity contribution in [3.8, 4) is 6.07 Å². The van der Waals surface area contributed by atoms with Gasteiger partial charge in [0.25, 0.3) is 0 Å². The van der Waals surface area contributed by atoms with Crippen LogP contribution in [0.2, 0.25) is 0 Å². The van der Waals surface area contributed by atoms with Crippen LogP contribution in [0, 0.1) is 11.3 Å². The van der Waals surface area contributed by atoms with E-state index < -0.39 is 23.4 Å². The number of aromatic nitrogens is 2. The predicted octanol–water partition coefficient (Wildman–Crippen LogP) is 3.10. The molecule has 1 atom stereocenters. The van der Waals surface area contributed by atoms with E-state index in [0.29, 0.717) is 30.0 Å². The molecule has 1 aliphatic heterocycles. The molecule has 1 saturated heterocycles. The third-order valence-electron chi connectivity index (χ3n) is 4.06. The Labute approximate surface area is 156 Å². The number of nitriles is 1. The SMILES string of the molecule is N#CC(C(=O)Cc1csc(N2CCCC2=O)n1)c1ccc(C(F)(F)F)cn1. The molecule has 27 heavy (non-hydrogen) atoms. The van der Waals surface area contributed by atoms with E-state index >= 15 is 0 Å². The number of halogens is 3. The van der Waals surface area contributed by atoms with E-state index in [9.17, 15) is 28.0 Å². The maximum atomic E-state index is 12.6. The fourth-order valence-corrected chi connectivity index (χ4v) is 3.55. The van der Waals surface area contributed by atoms with Gasteiger partial charge in [-0.25, -0.2) is 4.98 Å². The van der Waals surface area contributed by atoms with Crippen LogP contribution in [0.4, 0.5) is 18.3 Å². The van der Waals surface area contributed by atoms with Gasteiger partial charge in [0.05, 0.1) is 29.4 Å². The minimum Gasteiger partial charge on any atom is -0.297 e. The first-order chi connectivity index (χ1) is 12.8. The largest absolute Gasteiger partial charge is 0.417 e. The van der Waals surface area contributed by atoms with Crippen LogP contribution in [0.15, 0.2) is 23.7 Å². The second-order valence-corrected chi connectivity index (χ2v) is 6.78. The summed E-state index contributed by atoms with van der Waals surface area (Å²) in [5.74, 6) is -1.83. The number of pyridine rings is 1. The van der Waals surface area contributed by atoms with Gasteiger partial charge in [0.2, 0.25) is 5.91 Å². The summed E-state index contributed by atoms with van der Waals surface area (Å²) >= 11 is 1.23. The number of alkyl halides is 3. The highest BCUT2D eigenvalue weighted by Crippen LogP contribution is 2.30. The molecule has 0 bridgehead atoms. The average molecular weight is 394 g/mol. The highest BCUT2D eigenvalue weighted by molar-refractivity contribution is 7.14. The summed E-state index contributed by atoms with van der Waals surface area (Å²) in [5, 5.41) is 11.4. The van der Waals surface area contributed by atoms with Crippen LogP contribution in [0.1, 0.15) is 35.7 Å². The first kappa shape index (κ1) is 19.0. The van der Waals surface area contributed by atoms with Gasteiger partial charge < -0.3 is 0 Å². The summed E-state index contributed by atoms with van der Waals surface area (Å²) in [5.41, 5.74) is -0.581. The van der Waals surface area contributed by atoms with Gasteiger partial charge in [0, 0.05) is 24.5 Å². The van der Waals surface area contributed by atoms with Gasteiger partial charge in [-0.05, 0) is 18.6 Å². The summed E-state index contributed by atoms with van der Waals surface area (Å²) in [7, 11) is 0. The average Bonchev–Trinajstić information content (AvgIpc) is 3.24. The van der Waals surface area contributed by atoms with Crippen LogP contribution in [0.3, 0.4) is 0 Å². The first-order valence-electron chi connectivity index (χ1n) is 8.00. The summed E-state index contributed by atoms with van der Waals surface area (Å²) in [4.78, 5) is 33.6. The van der Waals surface area contributed by atoms with Gasteiger partial charge in [0.15, 0.2) is 10.9 Å². The number of carbonyl (C=O) groups is 2. The Morgan fingerprint density at radius 2 is 2.19 bits per heavy atom. The zero-order chi connectivity index (χ0) is 19.6. The Bertz CT molecular complexity index is 902. The van der Waals surface area contributed by atoms with Crippen molar-refractivity contribution in [3.63, 3.8) is 0 Å². The molecule has 1 amide bonds. The minimum absolute atomic E-state index is 0.0221. The van der Waals surface area contributed by atoms with Crippen LogP contribution in [-0.4, -0.2) is 28.2 Å². The lowest BCUT2D eigenvalue weighted by molar-refractivity contribution is -0.137. The van der Waals surface area contributed by atoms with E-state index in [1.54, 1.807) is 16.3 Å². The number of nitrogens with zero attached hydrogens (tertiary/aromatic N) is 4. The summed E-state index contributed by atoms with van der Waals surface area (Å²) in [6.45, 7) is 0.579. The number of rotatable bonds is 5. The highest BCUT2D eigenvalue weighted by Gasteiger charge is 2.32. The topological polar surface area (TPSA) is 87.0 Å². The molecule has 0 aliphatic carbocycles. The number of anilines is 1. The van der Waals surface area contributed by atoms with E-state index in [4.69, 9.17) is 0 Å². The molecule has 2 aromatic heterocycles. The Hall–Kier alpha value is -2.80. The van der Waals surface area contributed by atoms with Gasteiger partial charge in [0.1, 0.15) is 5.92 Å². The highest BCUT2D eigenvalue weighted by atomic mass is 32.1. The maximum absolute atomic E-state index is 12.6. The molecule has 0 saturated carbocycles. The van der Waals surface area contributed by atoms with E-state index in [-0.39, 0.29) is 18.0 Å². The molecule has 1 aliphatic rings. The lowest BCUT2D eigenvalue weighted by Gasteiger charge is -2.11. The number of amides is 1. The molecule has 3 rings (SSSR count). The monoisotopic (exact) mass is 394 g/mol. The Balaban J connectivity index is 1.72. The zero-order valence-corrected chi connectivity index (χ0v) is 14.7. The third-order valence-corrected chi connectivity index (χ3v) is 4.97. The normalized spacial score (nSPS) is 15.6. The number of hydrogen-bond acceptors (Lipinski definition) is 6. The fourth-order valence-electron chi connectivity index (χ4n) is 2.68. The molecule has 1 fully saturated rings. The standard InChI is InChI=1S/C17H13F3N4O2S/c18-17(19,20)10-3-4-13(22-8-10)12(7-21)14(25)6-11-9-27-16(23-11)24-5-1-2-15(24)26/h3-4,8-9,12H,1-2,5-6H2. The van der Waals surface area contributed by atoms with Crippen LogP contribution < -0.4 is 4.90 Å². The molecule has 140 valence electrons. The Kier molecular flexibility index (Phi) is 5.23. The Morgan fingerprint density at radius 1 is 1.41 bits per heavy atom. The molecule has 0 aromatic carbocycles. The number of ketones is 1. The van der Waals surface area contributed by atoms with E-state index in [1.807, 2.05) is 0 Å².